The number of Topliss-reactive ketones (excluding diaryl/α,β-unsaturated/α-hetero) is 1. The van der Waals surface area contributed by atoms with Crippen LogP contribution in [0.1, 0.15) is 61.4 Å². The number of nitrogens with zero attached hydrogens (tertiary/aromatic N) is 2. The van der Waals surface area contributed by atoms with Crippen LogP contribution in [-0.2, 0) is 35.0 Å². The average molecular weight is 696 g/mol. The number of esters is 1. The number of hydrogen-bond donors (Lipinski definition) is 1. The van der Waals surface area contributed by atoms with Gasteiger partial charge in [-0.3, -0.25) is 24.2 Å². The molecule has 1 aliphatic carbocycles. The maximum Gasteiger partial charge on any atom is 0.308 e. The van der Waals surface area contributed by atoms with Gasteiger partial charge in [0.2, 0.25) is 5.85 Å². The monoisotopic (exact) mass is 695 g/mol. The van der Waals surface area contributed by atoms with Gasteiger partial charge >= 0.3 is 5.97 Å². The van der Waals surface area contributed by atoms with Crippen LogP contribution in [0.25, 0.3) is 11.0 Å². The highest BCUT2D eigenvalue weighted by Crippen LogP contribution is 2.39. The van der Waals surface area contributed by atoms with Gasteiger partial charge in [0.1, 0.15) is 11.8 Å². The largest absolute Gasteiger partial charge is 0.466 e. The van der Waals surface area contributed by atoms with Crippen LogP contribution in [-0.4, -0.2) is 98.6 Å². The summed E-state index contributed by atoms with van der Waals surface area (Å²) < 4.78 is 29.5. The number of methoxy groups -OCH3 is 2. The summed E-state index contributed by atoms with van der Waals surface area (Å²) >= 11 is 6.73. The zero-order valence-corrected chi connectivity index (χ0v) is 29.2. The van der Waals surface area contributed by atoms with Crippen LogP contribution in [0.15, 0.2) is 53.1 Å². The van der Waals surface area contributed by atoms with Crippen molar-refractivity contribution in [3.8, 4) is 0 Å². The van der Waals surface area contributed by atoms with Crippen LogP contribution < -0.4 is 5.32 Å². The van der Waals surface area contributed by atoms with E-state index >= 15 is 0 Å². The Kier molecular flexibility index (Phi) is 11.4. The number of fused-ring (bicyclic) bond motifs is 1. The summed E-state index contributed by atoms with van der Waals surface area (Å²) in [7, 11) is 3.32. The predicted molar refractivity (Wildman–Crippen MR) is 184 cm³/mol. The van der Waals surface area contributed by atoms with E-state index in [1.54, 1.807) is 32.4 Å². The van der Waals surface area contributed by atoms with Gasteiger partial charge in [0.15, 0.2) is 5.78 Å². The molecule has 11 nitrogen and oxygen atoms in total. The number of likely N-dealkylation sites (tertiary alicyclic amines) is 2. The maximum absolute atomic E-state index is 14.9. The van der Waals surface area contributed by atoms with Crippen molar-refractivity contribution >= 4 is 45.9 Å². The molecule has 1 unspecified atom stereocenters. The molecule has 49 heavy (non-hydrogen) atoms. The van der Waals surface area contributed by atoms with Crippen molar-refractivity contribution in [2.75, 3.05) is 52.3 Å². The van der Waals surface area contributed by atoms with Gasteiger partial charge in [-0.25, -0.2) is 0 Å². The van der Waals surface area contributed by atoms with E-state index in [1.807, 2.05) is 31.2 Å². The molecule has 0 radical (unpaired) electrons. The standard InChI is InChI=1S/C37H46ClN3O8/c1-4-47-36(44)25-12-14-26(15-13-25)49-37(40-17-7-8-18-40,41-21-32(45-2)33(22-41)46-3)34(42)20-24-11-16-30(29(38)19-24)39-35(43)28-23-48-31-10-6-5-9-27(28)31/h5-6,9-11,16,19,23,25-26,32-33H,4,7-8,12-15,17-18,20-22H2,1-3H3,(H,39,43)/t25-,26-,32-,33-,37?/m0/s1. The lowest BCUT2D eigenvalue weighted by Crippen LogP contribution is -2.67. The number of nitrogens with one attached hydrogen (secondary N) is 1. The van der Waals surface area contributed by atoms with E-state index in [9.17, 15) is 14.4 Å². The SMILES string of the molecule is CCOC(=O)[C@H]1CC[C@H](OC(C(=O)Cc2ccc(NC(=O)c3coc4ccccc34)c(Cl)c2)(N2CCCC2)N2C[C@H](OC)[C@@H](OC)C2)CC1. The summed E-state index contributed by atoms with van der Waals surface area (Å²) in [5.74, 6) is -2.13. The fraction of sp³-hybridized carbons (Fsp3) is 0.541. The Morgan fingerprint density at radius 2 is 1.65 bits per heavy atom. The number of ether oxygens (including phenoxy) is 4. The summed E-state index contributed by atoms with van der Waals surface area (Å²) in [6.07, 6.45) is 5.30. The fourth-order valence-electron chi connectivity index (χ4n) is 7.55. The molecule has 3 aliphatic rings. The van der Waals surface area contributed by atoms with Crippen molar-refractivity contribution in [1.29, 1.82) is 0 Å². The number of anilines is 1. The van der Waals surface area contributed by atoms with E-state index in [0.29, 0.717) is 91.3 Å². The molecule has 264 valence electrons. The molecular formula is C37H46ClN3O8. The third-order valence-electron chi connectivity index (χ3n) is 10.1. The lowest BCUT2D eigenvalue weighted by Gasteiger charge is -2.48. The fourth-order valence-corrected chi connectivity index (χ4v) is 7.80. The minimum absolute atomic E-state index is 0.0563. The van der Waals surface area contributed by atoms with Gasteiger partial charge in [0, 0.05) is 52.2 Å². The summed E-state index contributed by atoms with van der Waals surface area (Å²) in [4.78, 5) is 44.8. The van der Waals surface area contributed by atoms with Crippen LogP contribution in [0.3, 0.4) is 0 Å². The second kappa shape index (κ2) is 15.7. The van der Waals surface area contributed by atoms with E-state index in [2.05, 4.69) is 15.1 Å². The normalized spacial score (nSPS) is 24.6. The predicted octanol–water partition coefficient (Wildman–Crippen LogP) is 5.68. The Morgan fingerprint density at radius 3 is 2.31 bits per heavy atom. The smallest absolute Gasteiger partial charge is 0.308 e. The van der Waals surface area contributed by atoms with Crippen LogP contribution in [0.2, 0.25) is 5.02 Å². The molecule has 2 aliphatic heterocycles. The van der Waals surface area contributed by atoms with Crippen molar-refractivity contribution in [2.24, 2.45) is 5.92 Å². The summed E-state index contributed by atoms with van der Waals surface area (Å²) in [5, 5.41) is 3.91. The molecule has 1 aromatic heterocycles. The Labute approximate surface area is 292 Å². The second-order valence-electron chi connectivity index (χ2n) is 13.1. The van der Waals surface area contributed by atoms with Crippen LogP contribution in [0.5, 0.6) is 0 Å². The van der Waals surface area contributed by atoms with E-state index in [-0.39, 0.29) is 48.3 Å². The molecule has 3 heterocycles. The van der Waals surface area contributed by atoms with Gasteiger partial charge in [0.25, 0.3) is 5.91 Å². The summed E-state index contributed by atoms with van der Waals surface area (Å²) in [6.45, 7) is 4.53. The molecule has 1 saturated carbocycles. The molecule has 3 atom stereocenters. The molecular weight excluding hydrogens is 650 g/mol. The Bertz CT molecular complexity index is 1620. The molecule has 2 aromatic carbocycles. The zero-order valence-electron chi connectivity index (χ0n) is 28.5. The number of hydrogen-bond acceptors (Lipinski definition) is 10. The minimum Gasteiger partial charge on any atom is -0.466 e. The number of amides is 1. The molecule has 0 spiro atoms. The van der Waals surface area contributed by atoms with Crippen molar-refractivity contribution < 1.29 is 37.7 Å². The van der Waals surface area contributed by atoms with E-state index < -0.39 is 5.85 Å². The molecule has 0 bridgehead atoms. The zero-order chi connectivity index (χ0) is 34.5. The van der Waals surface area contributed by atoms with Crippen molar-refractivity contribution in [3.05, 3.63) is 64.9 Å². The second-order valence-corrected chi connectivity index (χ2v) is 13.5. The molecule has 6 rings (SSSR count). The van der Waals surface area contributed by atoms with Gasteiger partial charge in [-0.15, -0.1) is 0 Å². The Hall–Kier alpha value is -3.32. The summed E-state index contributed by atoms with van der Waals surface area (Å²) in [6, 6.07) is 12.6. The number of rotatable bonds is 13. The van der Waals surface area contributed by atoms with Gasteiger partial charge in [-0.1, -0.05) is 35.9 Å². The number of carbonyl (C=O) groups excluding carboxylic acids is 3. The van der Waals surface area contributed by atoms with Gasteiger partial charge in [0.05, 0.1) is 47.1 Å². The first-order valence-electron chi connectivity index (χ1n) is 17.3. The molecule has 2 saturated heterocycles. The number of carbonyl (C=O) groups is 3. The van der Waals surface area contributed by atoms with E-state index in [1.165, 1.54) is 6.26 Å². The lowest BCUT2D eigenvalue weighted by molar-refractivity contribution is -0.254. The number of para-hydroxylation sites is 1. The number of benzene rings is 2. The van der Waals surface area contributed by atoms with Gasteiger partial charge < -0.3 is 28.7 Å². The third kappa shape index (κ3) is 7.43. The van der Waals surface area contributed by atoms with Crippen LogP contribution >= 0.6 is 11.6 Å². The Balaban J connectivity index is 1.25. The van der Waals surface area contributed by atoms with Crippen LogP contribution in [0.4, 0.5) is 5.69 Å². The van der Waals surface area contributed by atoms with Crippen LogP contribution in [0, 0.1) is 5.92 Å². The topological polar surface area (TPSA) is 120 Å². The highest BCUT2D eigenvalue weighted by Gasteiger charge is 2.56. The minimum atomic E-state index is -1.36. The molecule has 1 amide bonds. The number of halogens is 1. The van der Waals surface area contributed by atoms with Gasteiger partial charge in [-0.2, -0.15) is 0 Å². The van der Waals surface area contributed by atoms with Gasteiger partial charge in [-0.05, 0) is 69.2 Å². The first kappa shape index (κ1) is 35.5. The molecule has 3 aromatic rings. The Morgan fingerprint density at radius 1 is 0.959 bits per heavy atom. The van der Waals surface area contributed by atoms with E-state index in [4.69, 9.17) is 35.0 Å². The first-order chi connectivity index (χ1) is 23.8. The highest BCUT2D eigenvalue weighted by molar-refractivity contribution is 6.34. The van der Waals surface area contributed by atoms with Crippen molar-refractivity contribution in [3.63, 3.8) is 0 Å². The highest BCUT2D eigenvalue weighted by atomic mass is 35.5. The average Bonchev–Trinajstić information content (AvgIpc) is 3.89. The molecule has 3 fully saturated rings. The number of furan rings is 1. The third-order valence-corrected chi connectivity index (χ3v) is 10.5. The van der Waals surface area contributed by atoms with Crippen molar-refractivity contribution in [2.45, 2.75) is 76.0 Å². The first-order valence-corrected chi connectivity index (χ1v) is 17.6. The summed E-state index contributed by atoms with van der Waals surface area (Å²) in [5.41, 5.74) is 2.16. The maximum atomic E-state index is 14.9. The van der Waals surface area contributed by atoms with E-state index in [0.717, 1.165) is 12.8 Å². The quantitative estimate of drug-likeness (QED) is 0.224. The molecule has 1 N–H and O–H groups in total. The van der Waals surface area contributed by atoms with Crippen molar-refractivity contribution in [1.82, 2.24) is 9.80 Å². The number of ketones is 1. The lowest BCUT2D eigenvalue weighted by atomic mass is 9.87. The molecule has 12 heteroatoms.